The van der Waals surface area contributed by atoms with Crippen LogP contribution in [0.4, 0.5) is 42.6 Å². The zero-order valence-electron chi connectivity index (χ0n) is 18.8. The van der Waals surface area contributed by atoms with Crippen molar-refractivity contribution in [2.45, 2.75) is 12.4 Å². The summed E-state index contributed by atoms with van der Waals surface area (Å²) in [7, 11) is 0. The number of aromatic nitrogens is 2. The predicted octanol–water partition coefficient (Wildman–Crippen LogP) is 5.64. The largest absolute Gasteiger partial charge is 0.470 e. The second kappa shape index (κ2) is 11.4. The number of nitrogens with one attached hydrogen (secondary N) is 2. The maximum Gasteiger partial charge on any atom is 0.416 e. The fourth-order valence-corrected chi connectivity index (χ4v) is 3.95. The van der Waals surface area contributed by atoms with Crippen molar-refractivity contribution in [3.8, 4) is 5.88 Å². The second-order valence-electron chi connectivity index (χ2n) is 7.65. The molecule has 2 amide bonds. The molecule has 8 nitrogen and oxygen atoms in total. The summed E-state index contributed by atoms with van der Waals surface area (Å²) in [5.74, 6) is 0.613. The first-order valence-electron chi connectivity index (χ1n) is 10.4. The Kier molecular flexibility index (Phi) is 8.68. The van der Waals surface area contributed by atoms with Crippen LogP contribution in [0.2, 0.25) is 0 Å². The Morgan fingerprint density at radius 1 is 1.11 bits per heavy atom. The molecule has 0 aliphatic carbocycles. The minimum Gasteiger partial charge on any atom is -0.470 e. The monoisotopic (exact) mass is 568 g/mol. The van der Waals surface area contributed by atoms with Gasteiger partial charge in [0.2, 0.25) is 5.82 Å². The summed E-state index contributed by atoms with van der Waals surface area (Å²) < 4.78 is 92.4. The third kappa shape index (κ3) is 7.58. The highest BCUT2D eigenvalue weighted by Crippen LogP contribution is 2.37. The van der Waals surface area contributed by atoms with Gasteiger partial charge in [-0.2, -0.15) is 30.7 Å². The lowest BCUT2D eigenvalue weighted by Crippen LogP contribution is -2.50. The van der Waals surface area contributed by atoms with Crippen LogP contribution in [-0.2, 0) is 12.4 Å². The van der Waals surface area contributed by atoms with Crippen LogP contribution in [0.1, 0.15) is 11.1 Å². The quantitative estimate of drug-likeness (QED) is 0.256. The van der Waals surface area contributed by atoms with Gasteiger partial charge in [-0.1, -0.05) is 24.3 Å². The van der Waals surface area contributed by atoms with E-state index in [0.717, 1.165) is 11.7 Å². The average molecular weight is 569 g/mol. The Morgan fingerprint density at radius 2 is 1.70 bits per heavy atom. The summed E-state index contributed by atoms with van der Waals surface area (Å²) in [6.45, 7) is 4.35. The van der Waals surface area contributed by atoms with Crippen molar-refractivity contribution in [1.29, 1.82) is 5.41 Å². The zero-order valence-corrected chi connectivity index (χ0v) is 20.4. The number of amides is 2. The van der Waals surface area contributed by atoms with E-state index in [1.807, 2.05) is 0 Å². The van der Waals surface area contributed by atoms with Gasteiger partial charge in [-0.15, -0.1) is 4.37 Å². The summed E-state index contributed by atoms with van der Waals surface area (Å²) in [6.07, 6.45) is -7.23. The van der Waals surface area contributed by atoms with E-state index in [2.05, 4.69) is 20.6 Å². The molecule has 0 radical (unpaired) electrons. The summed E-state index contributed by atoms with van der Waals surface area (Å²) in [6, 6.07) is 0.0463. The summed E-state index contributed by atoms with van der Waals surface area (Å²) in [5.41, 5.74) is -3.14. The molecule has 0 saturated carbocycles. The van der Waals surface area contributed by atoms with Crippen LogP contribution >= 0.6 is 23.3 Å². The number of alkyl halides is 6. The molecular weight excluding hydrogens is 550 g/mol. The number of urea groups is 1. The number of nitrogens with zero attached hydrogens (tertiary/aromatic N) is 4. The first kappa shape index (κ1) is 28.2. The summed E-state index contributed by atoms with van der Waals surface area (Å²) in [5, 5.41) is 9.22. The molecule has 37 heavy (non-hydrogen) atoms. The summed E-state index contributed by atoms with van der Waals surface area (Å²) >= 11 is 6.43. The third-order valence-electron chi connectivity index (χ3n) is 5.10. The van der Waals surface area contributed by atoms with Crippen molar-refractivity contribution in [2.75, 3.05) is 43.0 Å². The minimum atomic E-state index is -5.03. The van der Waals surface area contributed by atoms with Crippen LogP contribution in [0.5, 0.6) is 5.88 Å². The number of carbonyl (C=O) groups excluding carboxylic acids is 1. The number of hydrogen-bond donors (Lipinski definition) is 2. The molecular formula is C21H19ClF6N6O2S. The highest BCUT2D eigenvalue weighted by molar-refractivity contribution is 6.99. The molecule has 1 aromatic heterocycles. The number of rotatable bonds is 7. The van der Waals surface area contributed by atoms with Gasteiger partial charge in [-0.25, -0.2) is 4.79 Å². The Balaban J connectivity index is 1.64. The molecule has 2 heterocycles. The van der Waals surface area contributed by atoms with Crippen LogP contribution in [0.15, 0.2) is 42.5 Å². The van der Waals surface area contributed by atoms with Crippen LogP contribution in [-0.4, -0.2) is 57.6 Å². The van der Waals surface area contributed by atoms with E-state index < -0.39 is 35.2 Å². The minimum absolute atomic E-state index is 0.0104. The maximum atomic E-state index is 13.1. The van der Waals surface area contributed by atoms with E-state index in [0.29, 0.717) is 23.5 Å². The SMILES string of the molecule is C=C/C(=C\C(=N)Cl)COc1nsnc1N1CCN(C(=O)Nc2cc(C(F)(F)F)cc(C(F)(F)F)c2)CC1. The average Bonchev–Trinajstić information content (AvgIpc) is 3.29. The highest BCUT2D eigenvalue weighted by atomic mass is 35.5. The molecule has 2 aromatic rings. The van der Waals surface area contributed by atoms with E-state index in [-0.39, 0.29) is 49.9 Å². The summed E-state index contributed by atoms with van der Waals surface area (Å²) in [4.78, 5) is 15.6. The van der Waals surface area contributed by atoms with Crippen LogP contribution < -0.4 is 15.0 Å². The molecule has 2 N–H and O–H groups in total. The van der Waals surface area contributed by atoms with E-state index in [1.54, 1.807) is 4.90 Å². The standard InChI is InChI=1S/C21H19ClF6N6O2S/c1-2-12(7-16(22)29)11-36-18-17(31-37-32-18)33-3-5-34(6-4-33)19(35)30-15-9-13(20(23,24)25)8-14(10-15)21(26,27)28/h2,7-10,29H,1,3-6,11H2,(H,30,35)/b12-7+,29-16?. The number of anilines is 2. The zero-order chi connectivity index (χ0) is 27.4. The van der Waals surface area contributed by atoms with Crippen molar-refractivity contribution in [3.63, 3.8) is 0 Å². The number of halogens is 7. The molecule has 3 rings (SSSR count). The lowest BCUT2D eigenvalue weighted by Gasteiger charge is -2.34. The number of allylic oxidation sites excluding steroid dienone is 1. The van der Waals surface area contributed by atoms with Crippen molar-refractivity contribution in [1.82, 2.24) is 13.6 Å². The van der Waals surface area contributed by atoms with Crippen LogP contribution in [0.3, 0.4) is 0 Å². The highest BCUT2D eigenvalue weighted by Gasteiger charge is 2.37. The van der Waals surface area contributed by atoms with Crippen LogP contribution in [0, 0.1) is 5.41 Å². The van der Waals surface area contributed by atoms with E-state index in [1.165, 1.54) is 17.1 Å². The first-order chi connectivity index (χ1) is 17.3. The number of piperazine rings is 1. The van der Waals surface area contributed by atoms with Gasteiger partial charge in [-0.05, 0) is 29.8 Å². The second-order valence-corrected chi connectivity index (χ2v) is 8.59. The smallest absolute Gasteiger partial charge is 0.416 e. The van der Waals surface area contributed by atoms with Gasteiger partial charge in [0.15, 0.2) is 0 Å². The molecule has 0 unspecified atom stereocenters. The van der Waals surface area contributed by atoms with Gasteiger partial charge in [0.05, 0.1) is 22.9 Å². The van der Waals surface area contributed by atoms with Crippen molar-refractivity contribution in [3.05, 3.63) is 53.6 Å². The molecule has 200 valence electrons. The Morgan fingerprint density at radius 3 is 2.22 bits per heavy atom. The lowest BCUT2D eigenvalue weighted by atomic mass is 10.1. The van der Waals surface area contributed by atoms with E-state index >= 15 is 0 Å². The molecule has 0 spiro atoms. The molecule has 1 fully saturated rings. The maximum absolute atomic E-state index is 13.1. The Bertz CT molecular complexity index is 1160. The van der Waals surface area contributed by atoms with Gasteiger partial charge in [0.1, 0.15) is 11.8 Å². The number of hydrogen-bond acceptors (Lipinski definition) is 7. The predicted molar refractivity (Wildman–Crippen MR) is 127 cm³/mol. The van der Waals surface area contributed by atoms with Crippen LogP contribution in [0.25, 0.3) is 0 Å². The van der Waals surface area contributed by atoms with Gasteiger partial charge >= 0.3 is 18.4 Å². The van der Waals surface area contributed by atoms with Gasteiger partial charge < -0.3 is 19.9 Å². The lowest BCUT2D eigenvalue weighted by molar-refractivity contribution is -0.143. The first-order valence-corrected chi connectivity index (χ1v) is 11.5. The van der Waals surface area contributed by atoms with Gasteiger partial charge in [-0.3, -0.25) is 5.41 Å². The fraction of sp³-hybridized carbons (Fsp3) is 0.333. The molecule has 1 saturated heterocycles. The van der Waals surface area contributed by atoms with Gasteiger partial charge in [0.25, 0.3) is 5.88 Å². The molecule has 16 heteroatoms. The molecule has 0 bridgehead atoms. The van der Waals surface area contributed by atoms with E-state index in [9.17, 15) is 31.1 Å². The number of ether oxygens (including phenoxy) is 1. The van der Waals surface area contributed by atoms with Crippen molar-refractivity contribution in [2.24, 2.45) is 0 Å². The normalized spacial score (nSPS) is 14.9. The van der Waals surface area contributed by atoms with Crippen molar-refractivity contribution < 1.29 is 35.9 Å². The number of carbonyl (C=O) groups is 1. The number of benzene rings is 1. The molecule has 1 aliphatic heterocycles. The fourth-order valence-electron chi connectivity index (χ4n) is 3.28. The van der Waals surface area contributed by atoms with Crippen molar-refractivity contribution >= 4 is 46.0 Å². The molecule has 1 aliphatic rings. The Hall–Kier alpha value is -3.33. The van der Waals surface area contributed by atoms with E-state index in [4.69, 9.17) is 21.7 Å². The molecule has 1 aromatic carbocycles. The Labute approximate surface area is 216 Å². The third-order valence-corrected chi connectivity index (χ3v) is 5.71. The topological polar surface area (TPSA) is 94.4 Å². The molecule has 0 atom stereocenters. The van der Waals surface area contributed by atoms with Gasteiger partial charge in [0, 0.05) is 31.9 Å².